The number of rotatable bonds is 12. The highest BCUT2D eigenvalue weighted by atomic mass is 32.1. The SMILES string of the molecule is CCCCCCCCCCCCCC=C[S]. The van der Waals surface area contributed by atoms with Crippen LogP contribution in [0.2, 0.25) is 0 Å². The summed E-state index contributed by atoms with van der Waals surface area (Å²) in [6.07, 6.45) is 18.9. The van der Waals surface area contributed by atoms with Gasteiger partial charge in [0.05, 0.1) is 0 Å². The highest BCUT2D eigenvalue weighted by molar-refractivity contribution is 7.83. The Balaban J connectivity index is 2.88. The van der Waals surface area contributed by atoms with Crippen molar-refractivity contribution in [2.24, 2.45) is 0 Å². The van der Waals surface area contributed by atoms with Crippen LogP contribution in [0, 0.1) is 0 Å². The molecule has 0 aromatic carbocycles. The zero-order chi connectivity index (χ0) is 11.9. The van der Waals surface area contributed by atoms with Crippen LogP contribution in [0.5, 0.6) is 0 Å². The third kappa shape index (κ3) is 14.0. The number of hydrogen-bond donors (Lipinski definition) is 0. The van der Waals surface area contributed by atoms with Crippen LogP contribution in [0.4, 0.5) is 0 Å². The summed E-state index contributed by atoms with van der Waals surface area (Å²) in [6, 6.07) is 0. The minimum atomic E-state index is 1.18. The van der Waals surface area contributed by atoms with Gasteiger partial charge in [-0.3, -0.25) is 0 Å². The van der Waals surface area contributed by atoms with E-state index in [4.69, 9.17) is 12.6 Å². The average molecular weight is 241 g/mol. The first-order valence-corrected chi connectivity index (χ1v) is 7.66. The van der Waals surface area contributed by atoms with Gasteiger partial charge in [0.2, 0.25) is 0 Å². The van der Waals surface area contributed by atoms with Crippen LogP contribution in [0.25, 0.3) is 0 Å². The molecular formula is C15H29S. The van der Waals surface area contributed by atoms with Gasteiger partial charge in [-0.1, -0.05) is 89.8 Å². The lowest BCUT2D eigenvalue weighted by Crippen LogP contribution is -1.81. The first kappa shape index (κ1) is 16.0. The minimum absolute atomic E-state index is 1.18. The topological polar surface area (TPSA) is 0 Å². The molecule has 0 heterocycles. The van der Waals surface area contributed by atoms with Gasteiger partial charge in [0.25, 0.3) is 0 Å². The van der Waals surface area contributed by atoms with E-state index < -0.39 is 0 Å². The van der Waals surface area contributed by atoms with Crippen LogP contribution >= 0.6 is 12.6 Å². The van der Waals surface area contributed by atoms with E-state index in [2.05, 4.69) is 13.0 Å². The maximum absolute atomic E-state index is 4.75. The lowest BCUT2D eigenvalue weighted by atomic mass is 10.1. The lowest BCUT2D eigenvalue weighted by molar-refractivity contribution is 0.550. The van der Waals surface area contributed by atoms with E-state index in [1.54, 1.807) is 5.41 Å². The second-order valence-corrected chi connectivity index (χ2v) is 4.97. The van der Waals surface area contributed by atoms with E-state index in [0.717, 1.165) is 0 Å². The van der Waals surface area contributed by atoms with Crippen LogP contribution in [0.15, 0.2) is 11.5 Å². The highest BCUT2D eigenvalue weighted by Gasteiger charge is 1.92. The van der Waals surface area contributed by atoms with Crippen LogP contribution in [-0.4, -0.2) is 0 Å². The third-order valence-electron chi connectivity index (χ3n) is 3.07. The summed E-state index contributed by atoms with van der Waals surface area (Å²) in [6.45, 7) is 2.28. The molecule has 1 radical (unpaired) electrons. The molecule has 0 spiro atoms. The standard InChI is InChI=1S/C15H29S/c1-2-3-4-5-6-7-8-9-10-11-12-13-14-15-16/h14-15H,2-13H2,1H3. The van der Waals surface area contributed by atoms with E-state index >= 15 is 0 Å². The molecule has 0 bridgehead atoms. The average Bonchev–Trinajstić information content (AvgIpc) is 2.31. The summed E-state index contributed by atoms with van der Waals surface area (Å²) in [5, 5.41) is 1.75. The van der Waals surface area contributed by atoms with Gasteiger partial charge in [0.1, 0.15) is 0 Å². The van der Waals surface area contributed by atoms with Gasteiger partial charge in [0.15, 0.2) is 0 Å². The molecule has 0 saturated heterocycles. The highest BCUT2D eigenvalue weighted by Crippen LogP contribution is 2.11. The molecule has 95 valence electrons. The second-order valence-electron chi connectivity index (χ2n) is 4.70. The molecule has 0 amide bonds. The number of unbranched alkanes of at least 4 members (excludes halogenated alkanes) is 11. The summed E-state index contributed by atoms with van der Waals surface area (Å²) in [5.41, 5.74) is 0. The maximum Gasteiger partial charge on any atom is -0.00265 e. The van der Waals surface area contributed by atoms with Crippen molar-refractivity contribution in [2.45, 2.75) is 84.0 Å². The zero-order valence-corrected chi connectivity index (χ0v) is 11.9. The molecule has 0 aliphatic rings. The van der Waals surface area contributed by atoms with Crippen molar-refractivity contribution in [3.05, 3.63) is 11.5 Å². The van der Waals surface area contributed by atoms with Crippen molar-refractivity contribution in [3.63, 3.8) is 0 Å². The molecule has 0 aliphatic carbocycles. The van der Waals surface area contributed by atoms with Gasteiger partial charge < -0.3 is 0 Å². The largest absolute Gasteiger partial charge is 0.0891 e. The molecule has 0 saturated carbocycles. The Morgan fingerprint density at radius 1 is 0.688 bits per heavy atom. The first-order chi connectivity index (χ1) is 7.91. The van der Waals surface area contributed by atoms with Gasteiger partial charge in [-0.05, 0) is 18.2 Å². The van der Waals surface area contributed by atoms with E-state index in [1.165, 1.54) is 77.0 Å². The Hall–Kier alpha value is -0.0400. The summed E-state index contributed by atoms with van der Waals surface area (Å²) >= 11 is 4.75. The Bertz CT molecular complexity index is 140. The maximum atomic E-state index is 4.75. The van der Waals surface area contributed by atoms with Gasteiger partial charge in [0, 0.05) is 0 Å². The number of hydrogen-bond acceptors (Lipinski definition) is 0. The minimum Gasteiger partial charge on any atom is -0.0891 e. The fourth-order valence-corrected chi connectivity index (χ4v) is 2.13. The van der Waals surface area contributed by atoms with E-state index in [1.807, 2.05) is 0 Å². The summed E-state index contributed by atoms with van der Waals surface area (Å²) in [5.74, 6) is 0. The summed E-state index contributed by atoms with van der Waals surface area (Å²) < 4.78 is 0. The summed E-state index contributed by atoms with van der Waals surface area (Å²) in [7, 11) is 0. The Labute approximate surface area is 108 Å². The molecule has 0 unspecified atom stereocenters. The Kier molecular flexibility index (Phi) is 14.9. The number of allylic oxidation sites excluding steroid dienone is 1. The molecule has 0 N–H and O–H groups in total. The smallest absolute Gasteiger partial charge is 0.00265 e. The van der Waals surface area contributed by atoms with Crippen molar-refractivity contribution in [1.82, 2.24) is 0 Å². The molecule has 0 fully saturated rings. The Morgan fingerprint density at radius 2 is 1.12 bits per heavy atom. The molecule has 16 heavy (non-hydrogen) atoms. The van der Waals surface area contributed by atoms with Crippen molar-refractivity contribution in [1.29, 1.82) is 0 Å². The van der Waals surface area contributed by atoms with Crippen molar-refractivity contribution in [2.75, 3.05) is 0 Å². The fraction of sp³-hybridized carbons (Fsp3) is 0.867. The van der Waals surface area contributed by atoms with Crippen molar-refractivity contribution in [3.8, 4) is 0 Å². The van der Waals surface area contributed by atoms with Gasteiger partial charge in [-0.2, -0.15) is 0 Å². The molecule has 1 heteroatoms. The molecule has 0 aromatic rings. The Morgan fingerprint density at radius 3 is 1.56 bits per heavy atom. The predicted molar refractivity (Wildman–Crippen MR) is 77.8 cm³/mol. The van der Waals surface area contributed by atoms with Crippen LogP contribution in [0.1, 0.15) is 84.0 Å². The van der Waals surface area contributed by atoms with Crippen molar-refractivity contribution < 1.29 is 0 Å². The third-order valence-corrected chi connectivity index (χ3v) is 3.26. The quantitative estimate of drug-likeness (QED) is 0.347. The van der Waals surface area contributed by atoms with Crippen molar-refractivity contribution >= 4 is 12.6 Å². The summed E-state index contributed by atoms with van der Waals surface area (Å²) in [4.78, 5) is 0. The fourth-order valence-electron chi connectivity index (χ4n) is 1.99. The van der Waals surface area contributed by atoms with E-state index in [9.17, 15) is 0 Å². The predicted octanol–water partition coefficient (Wildman–Crippen LogP) is 6.40. The molecule has 0 aromatic heterocycles. The normalized spacial score (nSPS) is 11.3. The van der Waals surface area contributed by atoms with E-state index in [-0.39, 0.29) is 0 Å². The second kappa shape index (κ2) is 15.0. The van der Waals surface area contributed by atoms with E-state index in [0.29, 0.717) is 0 Å². The zero-order valence-electron chi connectivity index (χ0n) is 11.0. The molecule has 0 nitrogen and oxygen atoms in total. The molecule has 0 atom stereocenters. The molecule has 0 aliphatic heterocycles. The molecular weight excluding hydrogens is 212 g/mol. The molecule has 0 rings (SSSR count). The van der Waals surface area contributed by atoms with Crippen LogP contribution < -0.4 is 0 Å². The lowest BCUT2D eigenvalue weighted by Gasteiger charge is -2.01. The monoisotopic (exact) mass is 241 g/mol. The van der Waals surface area contributed by atoms with Crippen LogP contribution in [-0.2, 0) is 0 Å². The van der Waals surface area contributed by atoms with Gasteiger partial charge >= 0.3 is 0 Å². The van der Waals surface area contributed by atoms with Gasteiger partial charge in [-0.25, -0.2) is 0 Å². The van der Waals surface area contributed by atoms with Crippen LogP contribution in [0.3, 0.4) is 0 Å². The first-order valence-electron chi connectivity index (χ1n) is 7.18. The van der Waals surface area contributed by atoms with Gasteiger partial charge in [-0.15, -0.1) is 0 Å².